The molecule has 0 saturated heterocycles. The predicted octanol–water partition coefficient (Wildman–Crippen LogP) is 3.75. The van der Waals surface area contributed by atoms with E-state index in [0.717, 1.165) is 28.7 Å². The van der Waals surface area contributed by atoms with Gasteiger partial charge in [0, 0.05) is 6.54 Å². The van der Waals surface area contributed by atoms with E-state index < -0.39 is 0 Å². The van der Waals surface area contributed by atoms with Gasteiger partial charge in [0.25, 0.3) is 0 Å². The quantitative estimate of drug-likeness (QED) is 0.820. The first-order valence-electron chi connectivity index (χ1n) is 5.57. The minimum atomic E-state index is 0.237. The number of hydrogen-bond donors (Lipinski definition) is 1. The highest BCUT2D eigenvalue weighted by Crippen LogP contribution is 2.29. The number of nitrogens with zero attached hydrogens (tertiary/aromatic N) is 2. The molecule has 0 N–H and O–H groups in total. The van der Waals surface area contributed by atoms with Crippen LogP contribution >= 0.6 is 24.2 Å². The summed E-state index contributed by atoms with van der Waals surface area (Å²) in [7, 11) is 0. The fourth-order valence-electron chi connectivity index (χ4n) is 1.67. The Hall–Kier alpha value is -0.150. The zero-order valence-electron chi connectivity index (χ0n) is 10.7. The van der Waals surface area contributed by atoms with Crippen LogP contribution in [0.2, 0.25) is 5.02 Å². The summed E-state index contributed by atoms with van der Waals surface area (Å²) in [6, 6.07) is 0. The van der Waals surface area contributed by atoms with E-state index in [-0.39, 0.29) is 5.41 Å². The van der Waals surface area contributed by atoms with Gasteiger partial charge in [0.1, 0.15) is 0 Å². The van der Waals surface area contributed by atoms with E-state index in [9.17, 15) is 0 Å². The molecule has 1 heterocycles. The fraction of sp³-hybridized carbons (Fsp3) is 0.750. The third-order valence-electron chi connectivity index (χ3n) is 3.13. The molecule has 0 fully saturated rings. The van der Waals surface area contributed by atoms with E-state index in [1.807, 2.05) is 18.5 Å². The number of aryl methyl sites for hydroxylation is 1. The maximum atomic E-state index is 6.14. The van der Waals surface area contributed by atoms with Gasteiger partial charge in [0.2, 0.25) is 0 Å². The van der Waals surface area contributed by atoms with Crippen LogP contribution in [-0.4, -0.2) is 15.5 Å². The summed E-state index contributed by atoms with van der Waals surface area (Å²) in [5.74, 6) is 1.35. The molecule has 0 saturated carbocycles. The van der Waals surface area contributed by atoms with Crippen LogP contribution in [0.4, 0.5) is 0 Å². The van der Waals surface area contributed by atoms with Gasteiger partial charge in [-0.3, -0.25) is 4.68 Å². The van der Waals surface area contributed by atoms with Crippen molar-refractivity contribution in [3.8, 4) is 0 Å². The molecule has 92 valence electrons. The van der Waals surface area contributed by atoms with Crippen molar-refractivity contribution in [1.29, 1.82) is 0 Å². The molecule has 0 aliphatic rings. The molecule has 0 spiro atoms. The Balaban J connectivity index is 2.91. The molecule has 0 aliphatic carbocycles. The second kappa shape index (κ2) is 5.01. The largest absolute Gasteiger partial charge is 0.268 e. The van der Waals surface area contributed by atoms with Crippen LogP contribution in [-0.2, 0) is 6.54 Å². The van der Waals surface area contributed by atoms with Crippen molar-refractivity contribution in [3.63, 3.8) is 0 Å². The van der Waals surface area contributed by atoms with Gasteiger partial charge in [-0.1, -0.05) is 32.4 Å². The molecule has 1 unspecified atom stereocenters. The molecule has 0 bridgehead atoms. The second-order valence-corrected chi connectivity index (χ2v) is 6.16. The molecule has 0 amide bonds. The molecule has 2 nitrogen and oxygen atoms in total. The standard InChI is InChI=1S/C12H21ClN2S/c1-8-11(13)9(2)15(14-8)6-10(7-16)12(3,4)5/h10,16H,6-7H2,1-5H3. The third kappa shape index (κ3) is 2.95. The lowest BCUT2D eigenvalue weighted by molar-refractivity contribution is 0.229. The Bertz CT molecular complexity index is 366. The number of aromatic nitrogens is 2. The Morgan fingerprint density at radius 2 is 1.94 bits per heavy atom. The van der Waals surface area contributed by atoms with E-state index in [2.05, 4.69) is 38.5 Å². The van der Waals surface area contributed by atoms with Crippen LogP contribution in [0.15, 0.2) is 0 Å². The summed E-state index contributed by atoms with van der Waals surface area (Å²) in [5.41, 5.74) is 2.20. The lowest BCUT2D eigenvalue weighted by Crippen LogP contribution is -2.27. The lowest BCUT2D eigenvalue weighted by Gasteiger charge is -2.29. The van der Waals surface area contributed by atoms with Gasteiger partial charge in [-0.05, 0) is 30.9 Å². The SMILES string of the molecule is Cc1nn(CC(CS)C(C)(C)C)c(C)c1Cl. The van der Waals surface area contributed by atoms with Gasteiger partial charge in [0.05, 0.1) is 16.4 Å². The van der Waals surface area contributed by atoms with Crippen molar-refractivity contribution in [3.05, 3.63) is 16.4 Å². The number of rotatable bonds is 3. The molecule has 1 atom stereocenters. The molecule has 1 aromatic heterocycles. The van der Waals surface area contributed by atoms with Crippen LogP contribution in [0.3, 0.4) is 0 Å². The van der Waals surface area contributed by atoms with Crippen molar-refractivity contribution >= 4 is 24.2 Å². The molecule has 1 aromatic rings. The van der Waals surface area contributed by atoms with E-state index in [0.29, 0.717) is 5.92 Å². The van der Waals surface area contributed by atoms with Crippen molar-refractivity contribution in [2.45, 2.75) is 41.2 Å². The van der Waals surface area contributed by atoms with Crippen molar-refractivity contribution in [1.82, 2.24) is 9.78 Å². The molecule has 16 heavy (non-hydrogen) atoms. The normalized spacial score (nSPS) is 14.2. The highest BCUT2D eigenvalue weighted by Gasteiger charge is 2.25. The second-order valence-electron chi connectivity index (χ2n) is 5.41. The first-order valence-corrected chi connectivity index (χ1v) is 6.58. The summed E-state index contributed by atoms with van der Waals surface area (Å²) in [5, 5.41) is 5.25. The van der Waals surface area contributed by atoms with Gasteiger partial charge < -0.3 is 0 Å². The van der Waals surface area contributed by atoms with Crippen LogP contribution in [0.25, 0.3) is 0 Å². The zero-order valence-corrected chi connectivity index (χ0v) is 12.4. The van der Waals surface area contributed by atoms with Crippen molar-refractivity contribution < 1.29 is 0 Å². The van der Waals surface area contributed by atoms with Gasteiger partial charge in [-0.25, -0.2) is 0 Å². The predicted molar refractivity (Wildman–Crippen MR) is 73.5 cm³/mol. The first-order chi connectivity index (χ1) is 7.27. The third-order valence-corrected chi connectivity index (χ3v) is 4.12. The Morgan fingerprint density at radius 1 is 1.38 bits per heavy atom. The number of thiol groups is 1. The van der Waals surface area contributed by atoms with Crippen LogP contribution < -0.4 is 0 Å². The van der Waals surface area contributed by atoms with Gasteiger partial charge in [0.15, 0.2) is 0 Å². The smallest absolute Gasteiger partial charge is 0.0844 e. The summed E-state index contributed by atoms with van der Waals surface area (Å²) < 4.78 is 2.00. The average molecular weight is 261 g/mol. The van der Waals surface area contributed by atoms with Gasteiger partial charge >= 0.3 is 0 Å². The van der Waals surface area contributed by atoms with Crippen LogP contribution in [0.1, 0.15) is 32.2 Å². The molecule has 1 rings (SSSR count). The maximum absolute atomic E-state index is 6.14. The summed E-state index contributed by atoms with van der Waals surface area (Å²) in [6.07, 6.45) is 0. The monoisotopic (exact) mass is 260 g/mol. The summed E-state index contributed by atoms with van der Waals surface area (Å²) >= 11 is 10.6. The lowest BCUT2D eigenvalue weighted by atomic mass is 9.82. The minimum absolute atomic E-state index is 0.237. The molecule has 0 aliphatic heterocycles. The topological polar surface area (TPSA) is 17.8 Å². The summed E-state index contributed by atoms with van der Waals surface area (Å²) in [4.78, 5) is 0. The zero-order chi connectivity index (χ0) is 12.5. The van der Waals surface area contributed by atoms with E-state index in [4.69, 9.17) is 11.6 Å². The highest BCUT2D eigenvalue weighted by molar-refractivity contribution is 7.80. The number of hydrogen-bond acceptors (Lipinski definition) is 2. The molecule has 4 heteroatoms. The summed E-state index contributed by atoms with van der Waals surface area (Å²) in [6.45, 7) is 11.6. The molecule has 0 aromatic carbocycles. The molecule has 0 radical (unpaired) electrons. The van der Waals surface area contributed by atoms with E-state index in [1.54, 1.807) is 0 Å². The van der Waals surface area contributed by atoms with Crippen molar-refractivity contribution in [2.24, 2.45) is 11.3 Å². The minimum Gasteiger partial charge on any atom is -0.268 e. The van der Waals surface area contributed by atoms with Crippen LogP contribution in [0, 0.1) is 25.2 Å². The maximum Gasteiger partial charge on any atom is 0.0844 e. The number of halogens is 1. The Morgan fingerprint density at radius 3 is 2.25 bits per heavy atom. The average Bonchev–Trinajstić information content (AvgIpc) is 2.40. The van der Waals surface area contributed by atoms with Gasteiger partial charge in [-0.2, -0.15) is 17.7 Å². The Kier molecular flexibility index (Phi) is 4.35. The molecular weight excluding hydrogens is 240 g/mol. The Labute approximate surface area is 109 Å². The fourth-order valence-corrected chi connectivity index (χ4v) is 2.47. The first kappa shape index (κ1) is 13.9. The highest BCUT2D eigenvalue weighted by atomic mass is 35.5. The van der Waals surface area contributed by atoms with Crippen LogP contribution in [0.5, 0.6) is 0 Å². The van der Waals surface area contributed by atoms with Crippen molar-refractivity contribution in [2.75, 3.05) is 5.75 Å². The van der Waals surface area contributed by atoms with E-state index >= 15 is 0 Å². The van der Waals surface area contributed by atoms with Gasteiger partial charge in [-0.15, -0.1) is 0 Å². The van der Waals surface area contributed by atoms with E-state index in [1.165, 1.54) is 0 Å². The molecular formula is C12H21ClN2S.